The third-order valence-corrected chi connectivity index (χ3v) is 22.2. The summed E-state index contributed by atoms with van der Waals surface area (Å²) < 4.78 is 0. The lowest BCUT2D eigenvalue weighted by Gasteiger charge is -2.23. The zero-order valence-corrected chi connectivity index (χ0v) is 74.3. The van der Waals surface area contributed by atoms with Gasteiger partial charge in [-0.15, -0.1) is 0 Å². The number of ketones is 3. The number of nitrogens with one attached hydrogen (secondary N) is 8. The lowest BCUT2D eigenvalue weighted by atomic mass is 9.82. The average molecular weight is 1730 g/mol. The molecule has 0 bridgehead atoms. The number of hydrogen-bond acceptors (Lipinski definition) is 20. The summed E-state index contributed by atoms with van der Waals surface area (Å²) in [5, 5.41) is 58.7. The van der Waals surface area contributed by atoms with Crippen LogP contribution in [0.15, 0.2) is 0 Å². The van der Waals surface area contributed by atoms with Crippen molar-refractivity contribution in [3.63, 3.8) is 0 Å². The lowest BCUT2D eigenvalue weighted by Crippen LogP contribution is -2.43. The van der Waals surface area contributed by atoms with E-state index in [9.17, 15) is 82.1 Å². The number of aliphatic carboxylic acids is 4. The fraction of sp³-hybridized carbons (Fsp3) is 0.831. The number of amides is 8. The molecule has 22 N–H and O–H groups in total. The molecule has 0 rings (SSSR count). The Labute approximate surface area is 726 Å². The van der Waals surface area contributed by atoms with Crippen LogP contribution in [0.25, 0.3) is 0 Å². The molecule has 0 saturated carbocycles. The molecule has 0 spiro atoms. The molecular formula is C89H169N13O19. The van der Waals surface area contributed by atoms with Gasteiger partial charge in [-0.3, -0.25) is 62.3 Å². The molecule has 8 atom stereocenters. The molecule has 0 aromatic rings. The van der Waals surface area contributed by atoms with Gasteiger partial charge in [-0.2, -0.15) is 0 Å². The number of unbranched alkanes of at least 4 members (excludes halogenated alkanes) is 32. The van der Waals surface area contributed by atoms with Crippen LogP contribution in [-0.2, 0) is 71.9 Å². The Kier molecular flexibility index (Phi) is 69.3. The largest absolute Gasteiger partial charge is 0.481 e. The maximum Gasteiger partial charge on any atom is 0.326 e. The summed E-state index contributed by atoms with van der Waals surface area (Å²) in [6.45, 7) is 6.42. The van der Waals surface area contributed by atoms with E-state index in [1.807, 2.05) is 0 Å². The van der Waals surface area contributed by atoms with Gasteiger partial charge in [0.1, 0.15) is 23.7 Å². The predicted molar refractivity (Wildman–Crippen MR) is 475 cm³/mol. The number of rotatable bonds is 85. The van der Waals surface area contributed by atoms with Crippen LogP contribution >= 0.6 is 0 Å². The Bertz CT molecular complexity index is 2960. The Morgan fingerprint density at radius 2 is 0.521 bits per heavy atom. The Balaban J connectivity index is -0.0000240. The van der Waals surface area contributed by atoms with Crippen molar-refractivity contribution in [3.05, 3.63) is 0 Å². The molecule has 0 aromatic carbocycles. The average Bonchev–Trinajstić information content (AvgIpc) is 0.864. The van der Waals surface area contributed by atoms with Gasteiger partial charge in [0.2, 0.25) is 47.3 Å². The number of nitrogens with two attached hydrogens (primary N) is 5. The molecule has 32 heteroatoms. The van der Waals surface area contributed by atoms with Crippen molar-refractivity contribution >= 4 is 88.5 Å². The van der Waals surface area contributed by atoms with Gasteiger partial charge in [0, 0.05) is 107 Å². The quantitative estimate of drug-likeness (QED) is 0.0252. The third kappa shape index (κ3) is 67.6. The van der Waals surface area contributed by atoms with E-state index in [-0.39, 0.29) is 140 Å². The zero-order chi connectivity index (χ0) is 90.3. The van der Waals surface area contributed by atoms with Gasteiger partial charge >= 0.3 is 23.9 Å². The highest BCUT2D eigenvalue weighted by atomic mass is 16.4. The topological polar surface area (TPSA) is 563 Å². The van der Waals surface area contributed by atoms with Crippen molar-refractivity contribution in [2.45, 2.75) is 422 Å². The minimum absolute atomic E-state index is 0. The normalized spacial score (nSPS) is 13.4. The molecule has 0 saturated heterocycles. The molecular weight excluding hydrogens is 1560 g/mol. The fourth-order valence-electron chi connectivity index (χ4n) is 14.2. The minimum atomic E-state index is -1.20. The Morgan fingerprint density at radius 3 is 0.769 bits per heavy atom. The Hall–Kier alpha value is -7.55. The predicted octanol–water partition coefficient (Wildman–Crippen LogP) is 10.6. The first-order valence-corrected chi connectivity index (χ1v) is 46.2. The third-order valence-electron chi connectivity index (χ3n) is 22.2. The second-order valence-corrected chi connectivity index (χ2v) is 34.0. The van der Waals surface area contributed by atoms with Crippen LogP contribution in [0.5, 0.6) is 0 Å². The molecule has 0 fully saturated rings. The molecule has 0 heterocycles. The van der Waals surface area contributed by atoms with Crippen LogP contribution in [-0.4, -0.2) is 190 Å². The summed E-state index contributed by atoms with van der Waals surface area (Å²) in [4.78, 5) is 186. The van der Waals surface area contributed by atoms with E-state index in [1.54, 1.807) is 13.8 Å². The van der Waals surface area contributed by atoms with E-state index in [2.05, 4.69) is 42.5 Å². The number of carboxylic acids is 4. The molecule has 32 nitrogen and oxygen atoms in total. The maximum atomic E-state index is 13.8. The van der Waals surface area contributed by atoms with Crippen LogP contribution in [0, 0.1) is 11.8 Å². The van der Waals surface area contributed by atoms with E-state index in [1.165, 1.54) is 71.1 Å². The molecule has 0 aromatic heterocycles. The first-order chi connectivity index (χ1) is 57.7. The highest BCUT2D eigenvalue weighted by Crippen LogP contribution is 2.25. The summed E-state index contributed by atoms with van der Waals surface area (Å²) in [5.41, 5.74) is 29.5. The monoisotopic (exact) mass is 1720 g/mol. The van der Waals surface area contributed by atoms with Crippen LogP contribution in [0.2, 0.25) is 0 Å². The van der Waals surface area contributed by atoms with E-state index in [0.717, 1.165) is 103 Å². The fourth-order valence-corrected chi connectivity index (χ4v) is 14.2. The number of carboxylic acid groups (broad SMARTS) is 4. The highest BCUT2D eigenvalue weighted by molar-refractivity contribution is 5.94. The number of carbonyl (C=O) groups excluding carboxylic acids is 11. The Morgan fingerprint density at radius 1 is 0.281 bits per heavy atom. The van der Waals surface area contributed by atoms with Crippen molar-refractivity contribution in [2.75, 3.05) is 39.3 Å². The summed E-state index contributed by atoms with van der Waals surface area (Å²) in [6, 6.07) is -5.49. The van der Waals surface area contributed by atoms with E-state index >= 15 is 0 Å². The SMILES string of the molecule is CC(=O)[C@H](CCCCNC(=O)[C@@H](N)CCCCNC(=O)[C@@H](N)CCCCNC(=O)CCC(NC(=O)CCCCCCCCCCCCCCCCC(=O)O)C(=O)O)CC(=O)[C@H](CCCCNC(=O)[C@@H](N)CCCCNC(=O)[C@@H](N)CCCCNC(=O)CC[C@H](NC(=O)CCCCCCCCCCCCCCCCC(=O)O)C(=O)O)CC(=O)C(C)(C)N.[HH].[HH].[HH]. The van der Waals surface area contributed by atoms with E-state index in [4.69, 9.17) is 38.9 Å². The number of Topliss-reactive ketones (excluding diaryl/α,β-unsaturated/α-hetero) is 3. The summed E-state index contributed by atoms with van der Waals surface area (Å²) in [6.07, 6.45) is 38.6. The van der Waals surface area contributed by atoms with Gasteiger partial charge in [-0.1, -0.05) is 167 Å². The van der Waals surface area contributed by atoms with E-state index in [0.29, 0.717) is 161 Å². The smallest absolute Gasteiger partial charge is 0.326 e. The molecule has 8 amide bonds. The van der Waals surface area contributed by atoms with Crippen molar-refractivity contribution in [3.8, 4) is 0 Å². The second-order valence-electron chi connectivity index (χ2n) is 34.0. The van der Waals surface area contributed by atoms with Gasteiger partial charge < -0.3 is 91.6 Å². The van der Waals surface area contributed by atoms with Gasteiger partial charge in [-0.25, -0.2) is 9.59 Å². The van der Waals surface area contributed by atoms with Crippen LogP contribution < -0.4 is 71.2 Å². The molecule has 0 aliphatic carbocycles. The molecule has 704 valence electrons. The second kappa shape index (κ2) is 73.9. The first-order valence-electron chi connectivity index (χ1n) is 46.2. The van der Waals surface area contributed by atoms with Crippen molar-refractivity contribution in [1.29, 1.82) is 0 Å². The molecule has 0 aliphatic heterocycles. The standard InChI is InChI=1S/C89H163N13O19.3H2/c1-66(103)67(44-32-38-60-97-83(114)71(92)48-36-42-62-99-85(116)69(90)46-34-40-58-95-77(106)56-54-73(87(118)119)101-79(108)50-28-24-20-16-12-8-4-6-10-14-18-22-26-30-52-81(110)111)64-75(104)68(65-76(105)89(2,3)94)45-33-39-61-98-84(115)72(93)49-37-43-63-100-86(117)70(91)47-35-41-59-96-78(107)57-55-74(88(120)121)102-80(109)51-29-25-21-17-13-9-5-7-11-15-19-23-27-31-53-82(112)113;;;/h67-74H,4-65,90-94H2,1-3H3,(H,95,106)(H,96,107)(H,97,114)(H,98,115)(H,99,116)(H,100,117)(H,101,108)(H,102,109)(H,110,111)(H,112,113)(H,118,119)(H,120,121);3*1H/t67-,68-,69+,70+,71+,72+,73?,74+;;;/m1.../s1. The van der Waals surface area contributed by atoms with Crippen LogP contribution in [0.1, 0.15) is 385 Å². The lowest BCUT2D eigenvalue weighted by molar-refractivity contribution is -0.142. The maximum absolute atomic E-state index is 13.8. The molecule has 0 aliphatic rings. The zero-order valence-electron chi connectivity index (χ0n) is 74.3. The van der Waals surface area contributed by atoms with Crippen LogP contribution in [0.3, 0.4) is 0 Å². The van der Waals surface area contributed by atoms with Gasteiger partial charge in [0.05, 0.1) is 29.7 Å². The van der Waals surface area contributed by atoms with Gasteiger partial charge in [0.25, 0.3) is 0 Å². The van der Waals surface area contributed by atoms with Crippen molar-refractivity contribution in [2.24, 2.45) is 40.5 Å². The summed E-state index contributed by atoms with van der Waals surface area (Å²) in [5.74, 6) is -8.59. The van der Waals surface area contributed by atoms with Crippen molar-refractivity contribution < 1.29 is 96.6 Å². The summed E-state index contributed by atoms with van der Waals surface area (Å²) >= 11 is 0. The first kappa shape index (κ1) is 113. The van der Waals surface area contributed by atoms with Gasteiger partial charge in [-0.05, 0) is 162 Å². The van der Waals surface area contributed by atoms with Gasteiger partial charge in [0.15, 0.2) is 5.78 Å². The number of carbonyl (C=O) groups is 15. The number of hydrogen-bond donors (Lipinski definition) is 17. The minimum Gasteiger partial charge on any atom is -0.481 e. The summed E-state index contributed by atoms with van der Waals surface area (Å²) in [7, 11) is 0. The molecule has 0 radical (unpaired) electrons. The van der Waals surface area contributed by atoms with Crippen molar-refractivity contribution in [1.82, 2.24) is 42.5 Å². The van der Waals surface area contributed by atoms with E-state index < -0.39 is 77.5 Å². The molecule has 121 heavy (non-hydrogen) atoms. The molecule has 1 unspecified atom stereocenters. The van der Waals surface area contributed by atoms with Crippen LogP contribution in [0.4, 0.5) is 0 Å². The highest BCUT2D eigenvalue weighted by Gasteiger charge is 2.31.